The number of fused-ring (bicyclic) bond motifs is 1. The Morgan fingerprint density at radius 3 is 2.52 bits per heavy atom. The van der Waals surface area contributed by atoms with Gasteiger partial charge in [-0.05, 0) is 24.3 Å². The average Bonchev–Trinajstić information content (AvgIpc) is 2.86. The lowest BCUT2D eigenvalue weighted by Crippen LogP contribution is -2.04. The Morgan fingerprint density at radius 2 is 1.86 bits per heavy atom. The molecule has 3 rings (SSSR count). The number of nitrogens with two attached hydrogens (primary N) is 1. The SMILES string of the molecule is Nc1cn2ccnc2c(Oc2ccc(C(F)(F)F)cc2)n1. The third-order valence-electron chi connectivity index (χ3n) is 2.76. The second-order valence-corrected chi connectivity index (χ2v) is 4.25. The van der Waals surface area contributed by atoms with E-state index in [1.807, 2.05) is 0 Å². The van der Waals surface area contributed by atoms with Gasteiger partial charge in [-0.3, -0.25) is 4.40 Å². The minimum Gasteiger partial charge on any atom is -0.436 e. The molecule has 0 atom stereocenters. The summed E-state index contributed by atoms with van der Waals surface area (Å²) in [7, 11) is 0. The van der Waals surface area contributed by atoms with Gasteiger partial charge in [0, 0.05) is 12.4 Å². The lowest BCUT2D eigenvalue weighted by molar-refractivity contribution is -0.137. The zero-order valence-corrected chi connectivity index (χ0v) is 10.5. The standard InChI is InChI=1S/C13H9F3N4O/c14-13(15,16)8-1-3-9(4-2-8)21-12-11-18-5-6-20(11)7-10(17)19-12/h1-7H,17H2. The maximum Gasteiger partial charge on any atom is 0.416 e. The van der Waals surface area contributed by atoms with Gasteiger partial charge >= 0.3 is 6.18 Å². The van der Waals surface area contributed by atoms with Crippen LogP contribution in [-0.4, -0.2) is 14.4 Å². The molecule has 0 aliphatic carbocycles. The van der Waals surface area contributed by atoms with Crippen molar-refractivity contribution < 1.29 is 17.9 Å². The average molecular weight is 294 g/mol. The molecule has 1 aromatic carbocycles. The van der Waals surface area contributed by atoms with E-state index >= 15 is 0 Å². The molecule has 21 heavy (non-hydrogen) atoms. The van der Waals surface area contributed by atoms with E-state index in [0.717, 1.165) is 12.1 Å². The fourth-order valence-electron chi connectivity index (χ4n) is 1.81. The van der Waals surface area contributed by atoms with Crippen molar-refractivity contribution in [1.82, 2.24) is 14.4 Å². The van der Waals surface area contributed by atoms with Crippen LogP contribution in [0.5, 0.6) is 11.6 Å². The van der Waals surface area contributed by atoms with Gasteiger partial charge in [-0.1, -0.05) is 0 Å². The summed E-state index contributed by atoms with van der Waals surface area (Å²) in [6, 6.07) is 4.30. The molecule has 0 spiro atoms. The van der Waals surface area contributed by atoms with E-state index in [9.17, 15) is 13.2 Å². The highest BCUT2D eigenvalue weighted by Crippen LogP contribution is 2.31. The Labute approximate surface area is 116 Å². The molecular weight excluding hydrogens is 285 g/mol. The molecule has 3 aromatic rings. The maximum absolute atomic E-state index is 12.5. The van der Waals surface area contributed by atoms with E-state index in [4.69, 9.17) is 10.5 Å². The van der Waals surface area contributed by atoms with Gasteiger partial charge in [0.2, 0.25) is 5.65 Å². The first-order valence-electron chi connectivity index (χ1n) is 5.88. The lowest BCUT2D eigenvalue weighted by Gasteiger charge is -2.09. The third-order valence-corrected chi connectivity index (χ3v) is 2.76. The molecule has 5 nitrogen and oxygen atoms in total. The number of imidazole rings is 1. The molecule has 0 saturated carbocycles. The second-order valence-electron chi connectivity index (χ2n) is 4.25. The molecular formula is C13H9F3N4O. The molecule has 2 aromatic heterocycles. The summed E-state index contributed by atoms with van der Waals surface area (Å²) >= 11 is 0. The van der Waals surface area contributed by atoms with Gasteiger partial charge < -0.3 is 10.5 Å². The van der Waals surface area contributed by atoms with Crippen molar-refractivity contribution in [1.29, 1.82) is 0 Å². The number of rotatable bonds is 2. The quantitative estimate of drug-likeness (QED) is 0.788. The summed E-state index contributed by atoms with van der Waals surface area (Å²) in [5, 5.41) is 0. The van der Waals surface area contributed by atoms with E-state index in [0.29, 0.717) is 5.65 Å². The van der Waals surface area contributed by atoms with Gasteiger partial charge in [-0.15, -0.1) is 0 Å². The van der Waals surface area contributed by atoms with Crippen molar-refractivity contribution in [3.63, 3.8) is 0 Å². The van der Waals surface area contributed by atoms with Crippen molar-refractivity contribution in [2.24, 2.45) is 0 Å². The van der Waals surface area contributed by atoms with E-state index < -0.39 is 11.7 Å². The van der Waals surface area contributed by atoms with E-state index in [-0.39, 0.29) is 17.4 Å². The molecule has 0 saturated heterocycles. The molecule has 108 valence electrons. The van der Waals surface area contributed by atoms with E-state index in [1.54, 1.807) is 16.8 Å². The molecule has 2 N–H and O–H groups in total. The first-order chi connectivity index (χ1) is 9.93. The predicted octanol–water partition coefficient (Wildman–Crippen LogP) is 3.12. The Balaban J connectivity index is 1.93. The molecule has 0 unspecified atom stereocenters. The lowest BCUT2D eigenvalue weighted by atomic mass is 10.2. The number of hydrogen-bond acceptors (Lipinski definition) is 4. The number of anilines is 1. The summed E-state index contributed by atoms with van der Waals surface area (Å²) in [5.74, 6) is 0.549. The highest BCUT2D eigenvalue weighted by atomic mass is 19.4. The largest absolute Gasteiger partial charge is 0.436 e. The minimum atomic E-state index is -4.38. The number of nitrogens with zero attached hydrogens (tertiary/aromatic N) is 3. The number of alkyl halides is 3. The normalized spacial score (nSPS) is 11.8. The fraction of sp³-hybridized carbons (Fsp3) is 0.0769. The van der Waals surface area contributed by atoms with Crippen LogP contribution in [0.3, 0.4) is 0 Å². The highest BCUT2D eigenvalue weighted by Gasteiger charge is 2.30. The van der Waals surface area contributed by atoms with Gasteiger partial charge in [0.15, 0.2) is 0 Å². The predicted molar refractivity (Wildman–Crippen MR) is 68.9 cm³/mol. The van der Waals surface area contributed by atoms with E-state index in [1.165, 1.54) is 18.3 Å². The topological polar surface area (TPSA) is 65.4 Å². The van der Waals surface area contributed by atoms with Crippen LogP contribution in [0.25, 0.3) is 5.65 Å². The van der Waals surface area contributed by atoms with E-state index in [2.05, 4.69) is 9.97 Å². The zero-order valence-electron chi connectivity index (χ0n) is 10.5. The summed E-state index contributed by atoms with van der Waals surface area (Å²) in [4.78, 5) is 8.04. The van der Waals surface area contributed by atoms with Crippen molar-refractivity contribution in [2.45, 2.75) is 6.18 Å². The Morgan fingerprint density at radius 1 is 1.14 bits per heavy atom. The Bertz CT molecular complexity index is 780. The summed E-state index contributed by atoms with van der Waals surface area (Å²) in [5.41, 5.74) is 5.30. The Hall–Kier alpha value is -2.77. The number of halogens is 3. The van der Waals surface area contributed by atoms with Gasteiger partial charge in [0.25, 0.3) is 5.88 Å². The summed E-state index contributed by atoms with van der Waals surface area (Å²) < 4.78 is 44.5. The van der Waals surface area contributed by atoms with Gasteiger partial charge in [-0.2, -0.15) is 18.2 Å². The zero-order chi connectivity index (χ0) is 15.0. The molecule has 0 amide bonds. The maximum atomic E-state index is 12.5. The first kappa shape index (κ1) is 13.2. The molecule has 8 heteroatoms. The molecule has 0 bridgehead atoms. The van der Waals surface area contributed by atoms with Crippen molar-refractivity contribution >= 4 is 11.5 Å². The van der Waals surface area contributed by atoms with Crippen LogP contribution in [0.15, 0.2) is 42.9 Å². The van der Waals surface area contributed by atoms with Crippen LogP contribution in [0, 0.1) is 0 Å². The number of nitrogen functional groups attached to an aromatic ring is 1. The van der Waals surface area contributed by atoms with Crippen LogP contribution >= 0.6 is 0 Å². The molecule has 0 fully saturated rings. The van der Waals surface area contributed by atoms with Gasteiger partial charge in [0.05, 0.1) is 11.8 Å². The minimum absolute atomic E-state index is 0.125. The fourth-order valence-corrected chi connectivity index (χ4v) is 1.81. The van der Waals surface area contributed by atoms with Gasteiger partial charge in [0.1, 0.15) is 11.6 Å². The molecule has 0 aliphatic rings. The molecule has 0 radical (unpaired) electrons. The summed E-state index contributed by atoms with van der Waals surface area (Å²) in [6.07, 6.45) is 0.370. The van der Waals surface area contributed by atoms with Crippen molar-refractivity contribution in [3.05, 3.63) is 48.4 Å². The Kier molecular flexibility index (Phi) is 2.93. The first-order valence-corrected chi connectivity index (χ1v) is 5.88. The van der Waals surface area contributed by atoms with Crippen molar-refractivity contribution in [2.75, 3.05) is 5.73 Å². The van der Waals surface area contributed by atoms with Gasteiger partial charge in [-0.25, -0.2) is 4.98 Å². The monoisotopic (exact) mass is 294 g/mol. The number of hydrogen-bond donors (Lipinski definition) is 1. The smallest absolute Gasteiger partial charge is 0.416 e. The highest BCUT2D eigenvalue weighted by molar-refractivity contribution is 5.54. The number of aromatic nitrogens is 3. The summed E-state index contributed by atoms with van der Waals surface area (Å²) in [6.45, 7) is 0. The van der Waals surface area contributed by atoms with Crippen LogP contribution in [-0.2, 0) is 6.18 Å². The third kappa shape index (κ3) is 2.60. The number of ether oxygens (including phenoxy) is 1. The molecule has 0 aliphatic heterocycles. The number of benzene rings is 1. The van der Waals surface area contributed by atoms with Crippen LogP contribution < -0.4 is 10.5 Å². The molecule has 2 heterocycles. The second kappa shape index (κ2) is 4.65. The van der Waals surface area contributed by atoms with Crippen LogP contribution in [0.1, 0.15) is 5.56 Å². The van der Waals surface area contributed by atoms with Crippen LogP contribution in [0.4, 0.5) is 19.0 Å². The van der Waals surface area contributed by atoms with Crippen LogP contribution in [0.2, 0.25) is 0 Å². The van der Waals surface area contributed by atoms with Crippen molar-refractivity contribution in [3.8, 4) is 11.6 Å².